The van der Waals surface area contributed by atoms with Crippen LogP contribution in [0.25, 0.3) is 0 Å². The zero-order valence-electron chi connectivity index (χ0n) is 13.3. The first-order valence-corrected chi connectivity index (χ1v) is 8.63. The first-order valence-electron chi connectivity index (χ1n) is 8.63. The Bertz CT molecular complexity index is 351. The zero-order chi connectivity index (χ0) is 14.2. The van der Waals surface area contributed by atoms with Crippen LogP contribution in [0, 0.1) is 11.8 Å². The molecule has 0 radical (unpaired) electrons. The molecule has 0 aromatic heterocycles. The van der Waals surface area contributed by atoms with Gasteiger partial charge in [0.15, 0.2) is 0 Å². The lowest BCUT2D eigenvalue weighted by molar-refractivity contribution is 0.214. The molecule has 1 aliphatic rings. The third-order valence-corrected chi connectivity index (χ3v) is 4.91. The van der Waals surface area contributed by atoms with Crippen LogP contribution in [-0.4, -0.2) is 6.54 Å². The van der Waals surface area contributed by atoms with Crippen LogP contribution in [0.4, 0.5) is 0 Å². The van der Waals surface area contributed by atoms with Gasteiger partial charge in [0.25, 0.3) is 0 Å². The standard InChI is InChI=1S/C19H31N/c1-3-5-9-16-12-14-18(15-13-16)19(20-4-2)17-10-7-6-8-11-17/h6-8,10-11,16,18-20H,3-5,9,12-15H2,1-2H3. The van der Waals surface area contributed by atoms with E-state index in [0.29, 0.717) is 6.04 Å². The lowest BCUT2D eigenvalue weighted by Gasteiger charge is -2.34. The molecule has 112 valence electrons. The molecule has 1 heteroatoms. The molecule has 0 heterocycles. The SMILES string of the molecule is CCCCC1CCC(C(NCC)c2ccccc2)CC1. The fourth-order valence-electron chi connectivity index (χ4n) is 3.74. The van der Waals surface area contributed by atoms with Crippen LogP contribution in [0.5, 0.6) is 0 Å². The van der Waals surface area contributed by atoms with E-state index >= 15 is 0 Å². The highest BCUT2D eigenvalue weighted by Crippen LogP contribution is 2.38. The maximum Gasteiger partial charge on any atom is 0.0348 e. The average Bonchev–Trinajstić information content (AvgIpc) is 2.52. The molecule has 1 fully saturated rings. The zero-order valence-corrected chi connectivity index (χ0v) is 13.3. The molecule has 0 bridgehead atoms. The van der Waals surface area contributed by atoms with Gasteiger partial charge in [-0.1, -0.05) is 76.3 Å². The Hall–Kier alpha value is -0.820. The Morgan fingerprint density at radius 3 is 2.35 bits per heavy atom. The van der Waals surface area contributed by atoms with Crippen molar-refractivity contribution in [3.05, 3.63) is 35.9 Å². The van der Waals surface area contributed by atoms with Gasteiger partial charge in [-0.05, 0) is 36.8 Å². The summed E-state index contributed by atoms with van der Waals surface area (Å²) in [5.41, 5.74) is 1.48. The van der Waals surface area contributed by atoms with Gasteiger partial charge >= 0.3 is 0 Å². The fraction of sp³-hybridized carbons (Fsp3) is 0.684. The van der Waals surface area contributed by atoms with Gasteiger partial charge in [0.2, 0.25) is 0 Å². The molecule has 1 atom stereocenters. The van der Waals surface area contributed by atoms with E-state index in [1.54, 1.807) is 0 Å². The number of hydrogen-bond acceptors (Lipinski definition) is 1. The van der Waals surface area contributed by atoms with Gasteiger partial charge in [0, 0.05) is 6.04 Å². The van der Waals surface area contributed by atoms with Crippen LogP contribution >= 0.6 is 0 Å². The Labute approximate surface area is 125 Å². The summed E-state index contributed by atoms with van der Waals surface area (Å²) in [6.45, 7) is 5.60. The summed E-state index contributed by atoms with van der Waals surface area (Å²) in [7, 11) is 0. The molecular formula is C19H31N. The van der Waals surface area contributed by atoms with E-state index < -0.39 is 0 Å². The molecule has 1 N–H and O–H groups in total. The van der Waals surface area contributed by atoms with E-state index in [0.717, 1.165) is 18.4 Å². The molecule has 0 saturated heterocycles. The third kappa shape index (κ3) is 4.34. The van der Waals surface area contributed by atoms with Gasteiger partial charge < -0.3 is 5.32 Å². The Morgan fingerprint density at radius 2 is 1.75 bits per heavy atom. The molecule has 1 nitrogen and oxygen atoms in total. The van der Waals surface area contributed by atoms with Crippen LogP contribution in [-0.2, 0) is 0 Å². The van der Waals surface area contributed by atoms with Crippen molar-refractivity contribution in [2.24, 2.45) is 11.8 Å². The average molecular weight is 273 g/mol. The van der Waals surface area contributed by atoms with E-state index in [9.17, 15) is 0 Å². The monoisotopic (exact) mass is 273 g/mol. The van der Waals surface area contributed by atoms with Crippen molar-refractivity contribution < 1.29 is 0 Å². The normalized spacial score (nSPS) is 24.5. The molecule has 1 aromatic rings. The van der Waals surface area contributed by atoms with Crippen LogP contribution in [0.1, 0.15) is 70.4 Å². The molecule has 0 aliphatic heterocycles. The van der Waals surface area contributed by atoms with Crippen molar-refractivity contribution in [2.45, 2.75) is 64.8 Å². The highest BCUT2D eigenvalue weighted by atomic mass is 14.9. The molecule has 1 aliphatic carbocycles. The predicted octanol–water partition coefficient (Wildman–Crippen LogP) is 5.33. The van der Waals surface area contributed by atoms with Crippen molar-refractivity contribution in [3.63, 3.8) is 0 Å². The number of hydrogen-bond donors (Lipinski definition) is 1. The summed E-state index contributed by atoms with van der Waals surface area (Å²) in [5, 5.41) is 3.73. The largest absolute Gasteiger partial charge is 0.310 e. The van der Waals surface area contributed by atoms with Crippen LogP contribution in [0.2, 0.25) is 0 Å². The lowest BCUT2D eigenvalue weighted by Crippen LogP contribution is -2.31. The topological polar surface area (TPSA) is 12.0 Å². The van der Waals surface area contributed by atoms with Crippen molar-refractivity contribution >= 4 is 0 Å². The number of unbranched alkanes of at least 4 members (excludes halogenated alkanes) is 1. The smallest absolute Gasteiger partial charge is 0.0348 e. The summed E-state index contributed by atoms with van der Waals surface area (Å²) in [5.74, 6) is 1.83. The Balaban J connectivity index is 1.92. The van der Waals surface area contributed by atoms with Crippen molar-refractivity contribution in [2.75, 3.05) is 6.54 Å². The Kier molecular flexibility index (Phi) is 6.59. The quantitative estimate of drug-likeness (QED) is 0.707. The first kappa shape index (κ1) is 15.6. The fourth-order valence-corrected chi connectivity index (χ4v) is 3.74. The summed E-state index contributed by atoms with van der Waals surface area (Å²) in [6.07, 6.45) is 9.93. The minimum absolute atomic E-state index is 0.563. The molecule has 0 amide bonds. The summed E-state index contributed by atoms with van der Waals surface area (Å²) in [4.78, 5) is 0. The van der Waals surface area contributed by atoms with Crippen molar-refractivity contribution in [1.29, 1.82) is 0 Å². The molecule has 1 aromatic carbocycles. The van der Waals surface area contributed by atoms with Gasteiger partial charge in [-0.25, -0.2) is 0 Å². The van der Waals surface area contributed by atoms with Gasteiger partial charge in [-0.15, -0.1) is 0 Å². The van der Waals surface area contributed by atoms with Crippen molar-refractivity contribution in [1.82, 2.24) is 5.32 Å². The summed E-state index contributed by atoms with van der Waals surface area (Å²) >= 11 is 0. The first-order chi connectivity index (χ1) is 9.85. The van der Waals surface area contributed by atoms with E-state index in [1.165, 1.54) is 50.5 Å². The number of rotatable bonds is 7. The molecule has 0 spiro atoms. The van der Waals surface area contributed by atoms with E-state index in [1.807, 2.05) is 0 Å². The maximum absolute atomic E-state index is 3.73. The molecule has 1 unspecified atom stereocenters. The minimum atomic E-state index is 0.563. The third-order valence-electron chi connectivity index (χ3n) is 4.91. The summed E-state index contributed by atoms with van der Waals surface area (Å²) < 4.78 is 0. The summed E-state index contributed by atoms with van der Waals surface area (Å²) in [6, 6.07) is 11.6. The minimum Gasteiger partial charge on any atom is -0.310 e. The van der Waals surface area contributed by atoms with Gasteiger partial charge in [0.05, 0.1) is 0 Å². The highest BCUT2D eigenvalue weighted by molar-refractivity contribution is 5.19. The molecule has 1 saturated carbocycles. The van der Waals surface area contributed by atoms with Crippen molar-refractivity contribution in [3.8, 4) is 0 Å². The van der Waals surface area contributed by atoms with E-state index in [-0.39, 0.29) is 0 Å². The Morgan fingerprint density at radius 1 is 1.05 bits per heavy atom. The second kappa shape index (κ2) is 8.46. The van der Waals surface area contributed by atoms with E-state index in [2.05, 4.69) is 49.5 Å². The lowest BCUT2D eigenvalue weighted by atomic mass is 9.75. The van der Waals surface area contributed by atoms with E-state index in [4.69, 9.17) is 0 Å². The second-order valence-electron chi connectivity index (χ2n) is 6.37. The van der Waals surface area contributed by atoms with Crippen LogP contribution < -0.4 is 5.32 Å². The van der Waals surface area contributed by atoms with Gasteiger partial charge in [-0.3, -0.25) is 0 Å². The molecule has 2 rings (SSSR count). The number of benzene rings is 1. The van der Waals surface area contributed by atoms with Crippen LogP contribution in [0.15, 0.2) is 30.3 Å². The van der Waals surface area contributed by atoms with Gasteiger partial charge in [-0.2, -0.15) is 0 Å². The maximum atomic E-state index is 3.73. The molecule has 20 heavy (non-hydrogen) atoms. The molecular weight excluding hydrogens is 242 g/mol. The van der Waals surface area contributed by atoms with Crippen LogP contribution in [0.3, 0.4) is 0 Å². The second-order valence-corrected chi connectivity index (χ2v) is 6.37. The highest BCUT2D eigenvalue weighted by Gasteiger charge is 2.27. The predicted molar refractivity (Wildman–Crippen MR) is 87.8 cm³/mol. The number of nitrogens with one attached hydrogen (secondary N) is 1. The van der Waals surface area contributed by atoms with Gasteiger partial charge in [0.1, 0.15) is 0 Å².